The van der Waals surface area contributed by atoms with Crippen LogP contribution in [0.3, 0.4) is 0 Å². The molecule has 0 radical (unpaired) electrons. The monoisotopic (exact) mass is 866 g/mol. The summed E-state index contributed by atoms with van der Waals surface area (Å²) in [7, 11) is 0. The molecule has 1 aliphatic rings. The fourth-order valence-corrected chi connectivity index (χ4v) is 11.6. The highest BCUT2D eigenvalue weighted by Crippen LogP contribution is 2.45. The Hall–Kier alpha value is -7.99. The van der Waals surface area contributed by atoms with Gasteiger partial charge in [-0.05, 0) is 111 Å². The molecule has 1 N–H and O–H groups in total. The first-order chi connectivity index (χ1) is 32.6. The summed E-state index contributed by atoms with van der Waals surface area (Å²) in [6.45, 7) is 6.93. The third kappa shape index (κ3) is 6.15. The van der Waals surface area contributed by atoms with Gasteiger partial charge in [-0.2, -0.15) is 0 Å². The minimum absolute atomic E-state index is 0.169. The number of amidine groups is 1. The molecule has 3 aromatic heterocycles. The lowest BCUT2D eigenvalue weighted by Gasteiger charge is -2.25. The van der Waals surface area contributed by atoms with Gasteiger partial charge in [-0.1, -0.05) is 153 Å². The summed E-state index contributed by atoms with van der Waals surface area (Å²) in [6, 6.07) is 64.9. The molecule has 0 saturated heterocycles. The van der Waals surface area contributed by atoms with Gasteiger partial charge in [-0.15, -0.1) is 11.3 Å². The molecule has 1 unspecified atom stereocenters. The normalized spacial score (nSPS) is 13.4. The number of hydrogen-bond donors (Lipinski definition) is 1. The van der Waals surface area contributed by atoms with Crippen molar-refractivity contribution < 1.29 is 8.83 Å². The number of furan rings is 2. The molecular formula is C61H42N2O2S. The summed E-state index contributed by atoms with van der Waals surface area (Å²) < 4.78 is 15.6. The lowest BCUT2D eigenvalue weighted by molar-refractivity contribution is 0.624. The first kappa shape index (κ1) is 38.5. The van der Waals surface area contributed by atoms with Gasteiger partial charge in [0.25, 0.3) is 0 Å². The number of benzene rings is 9. The van der Waals surface area contributed by atoms with Crippen molar-refractivity contribution in [3.05, 3.63) is 228 Å². The number of nitrogens with zero attached hydrogens (tertiary/aromatic N) is 1. The summed E-state index contributed by atoms with van der Waals surface area (Å²) in [6.07, 6.45) is 4.00. The Morgan fingerprint density at radius 3 is 2.05 bits per heavy atom. The second-order valence-electron chi connectivity index (χ2n) is 17.3. The molecule has 0 saturated carbocycles. The average Bonchev–Trinajstić information content (AvgIpc) is 4.03. The third-order valence-electron chi connectivity index (χ3n) is 13.6. The van der Waals surface area contributed by atoms with Crippen LogP contribution in [0.1, 0.15) is 52.8 Å². The van der Waals surface area contributed by atoms with Crippen molar-refractivity contribution in [2.75, 3.05) is 0 Å². The molecule has 0 fully saturated rings. The molecule has 314 valence electrons. The third-order valence-corrected chi connectivity index (χ3v) is 14.8. The summed E-state index contributed by atoms with van der Waals surface area (Å²) in [5.74, 6) is 0.759. The fourth-order valence-electron chi connectivity index (χ4n) is 10.4. The van der Waals surface area contributed by atoms with E-state index in [1.54, 1.807) is 11.3 Å². The van der Waals surface area contributed by atoms with Crippen LogP contribution >= 0.6 is 11.3 Å². The summed E-state index contributed by atoms with van der Waals surface area (Å²) in [4.78, 5) is 5.54. The maximum absolute atomic E-state index is 6.68. The van der Waals surface area contributed by atoms with E-state index >= 15 is 0 Å². The lowest BCUT2D eigenvalue weighted by atomic mass is 9.86. The van der Waals surface area contributed by atoms with Crippen LogP contribution in [-0.4, -0.2) is 5.84 Å². The largest absolute Gasteiger partial charge is 0.456 e. The van der Waals surface area contributed by atoms with Crippen molar-refractivity contribution in [1.29, 1.82) is 0 Å². The number of rotatable bonds is 7. The van der Waals surface area contributed by atoms with Crippen LogP contribution in [0, 0.1) is 0 Å². The van der Waals surface area contributed by atoms with Crippen LogP contribution in [0.25, 0.3) is 97.2 Å². The summed E-state index contributed by atoms with van der Waals surface area (Å²) in [5.41, 5.74) is 14.4. The van der Waals surface area contributed by atoms with E-state index in [0.29, 0.717) is 5.70 Å². The van der Waals surface area contributed by atoms with Crippen LogP contribution in [0.15, 0.2) is 208 Å². The lowest BCUT2D eigenvalue weighted by Crippen LogP contribution is -2.30. The van der Waals surface area contributed by atoms with Crippen LogP contribution in [-0.2, 0) is 6.42 Å². The predicted molar refractivity (Wildman–Crippen MR) is 279 cm³/mol. The fraction of sp³-hybridized carbons (Fsp3) is 0.0656. The topological polar surface area (TPSA) is 50.7 Å². The quantitative estimate of drug-likeness (QED) is 0.128. The van der Waals surface area contributed by atoms with Crippen LogP contribution in [0.4, 0.5) is 0 Å². The molecule has 13 rings (SSSR count). The molecule has 5 heteroatoms. The number of hydrogen-bond acceptors (Lipinski definition) is 4. The van der Waals surface area contributed by atoms with Gasteiger partial charge < -0.3 is 14.2 Å². The van der Waals surface area contributed by atoms with Gasteiger partial charge in [-0.25, -0.2) is 4.99 Å². The first-order valence-corrected chi connectivity index (χ1v) is 23.5. The predicted octanol–water partition coefficient (Wildman–Crippen LogP) is 16.8. The van der Waals surface area contributed by atoms with Crippen molar-refractivity contribution >= 4 is 103 Å². The zero-order chi connectivity index (χ0) is 43.9. The first-order valence-electron chi connectivity index (χ1n) is 22.7. The van der Waals surface area contributed by atoms with Gasteiger partial charge in [0.1, 0.15) is 28.2 Å². The summed E-state index contributed by atoms with van der Waals surface area (Å²) >= 11 is 1.80. The van der Waals surface area contributed by atoms with E-state index in [-0.39, 0.29) is 6.04 Å². The van der Waals surface area contributed by atoms with Crippen LogP contribution in [0.2, 0.25) is 0 Å². The van der Waals surface area contributed by atoms with Crippen molar-refractivity contribution in [2.24, 2.45) is 4.99 Å². The minimum atomic E-state index is -0.169. The molecule has 0 aliphatic heterocycles. The Morgan fingerprint density at radius 1 is 0.576 bits per heavy atom. The van der Waals surface area contributed by atoms with E-state index in [0.717, 1.165) is 79.2 Å². The van der Waals surface area contributed by atoms with Gasteiger partial charge in [0.2, 0.25) is 0 Å². The Balaban J connectivity index is 1.02. The standard InChI is InChI=1S/C61H42N2O2S/c1-3-54(63-61(49-26-15-25-48-46-22-10-13-29-58(46)66-60(48)49)62-36(2)40-23-14-24-47-44-20-8-12-28-56(44)65-59(40)47)52-34-53-45-21-9-11-27-55(45)64-57(53)35-51(52)43-31-30-39-32-37-16-4-5-17-38(37)33-50(39)42-19-7-6-18-41(42)43/h4-29,31-35,54H,2-3,30H2,1H3,(H,62,63). The highest BCUT2D eigenvalue weighted by molar-refractivity contribution is 7.26. The summed E-state index contributed by atoms with van der Waals surface area (Å²) in [5, 5.41) is 13.4. The minimum Gasteiger partial charge on any atom is -0.456 e. The zero-order valence-electron chi connectivity index (χ0n) is 36.3. The molecular weight excluding hydrogens is 825 g/mol. The second kappa shape index (κ2) is 15.3. The van der Waals surface area contributed by atoms with Crippen molar-refractivity contribution in [1.82, 2.24) is 5.32 Å². The number of para-hydroxylation sites is 3. The molecule has 3 heterocycles. The molecule has 1 aliphatic carbocycles. The maximum atomic E-state index is 6.68. The molecule has 12 aromatic rings. The van der Waals surface area contributed by atoms with Gasteiger partial charge in [0.05, 0.1) is 11.7 Å². The Kier molecular flexibility index (Phi) is 8.94. The molecule has 66 heavy (non-hydrogen) atoms. The molecule has 4 nitrogen and oxygen atoms in total. The highest BCUT2D eigenvalue weighted by Gasteiger charge is 2.26. The highest BCUT2D eigenvalue weighted by atomic mass is 32.1. The number of fused-ring (bicyclic) bond motifs is 13. The van der Waals surface area contributed by atoms with E-state index in [4.69, 9.17) is 13.8 Å². The Bertz CT molecular complexity index is 4030. The molecule has 1 atom stereocenters. The zero-order valence-corrected chi connectivity index (χ0v) is 37.1. The van der Waals surface area contributed by atoms with E-state index in [1.165, 1.54) is 64.3 Å². The number of aliphatic imine (C=N–C) groups is 1. The second-order valence-corrected chi connectivity index (χ2v) is 18.4. The molecule has 0 amide bonds. The van der Waals surface area contributed by atoms with Crippen molar-refractivity contribution in [3.8, 4) is 11.1 Å². The van der Waals surface area contributed by atoms with Crippen molar-refractivity contribution in [2.45, 2.75) is 25.8 Å². The van der Waals surface area contributed by atoms with Gasteiger partial charge >= 0.3 is 0 Å². The van der Waals surface area contributed by atoms with E-state index in [1.807, 2.05) is 18.2 Å². The van der Waals surface area contributed by atoms with E-state index in [2.05, 4.69) is 189 Å². The maximum Gasteiger partial charge on any atom is 0.144 e. The Labute approximate surface area is 385 Å². The van der Waals surface area contributed by atoms with E-state index < -0.39 is 0 Å². The SMILES string of the molecule is C=C(/N=C(\NC(CC)c1cc2c(cc1C1=CCc3cc4ccccc4cc3-c3ccccc31)oc1ccccc12)c1cccc2c1sc1ccccc12)c1cccc2c1oc1ccccc12. The number of allylic oxidation sites excluding steroid dienone is 1. The van der Waals surface area contributed by atoms with Crippen LogP contribution < -0.4 is 5.32 Å². The Morgan fingerprint density at radius 2 is 1.23 bits per heavy atom. The molecule has 0 bridgehead atoms. The van der Waals surface area contributed by atoms with Crippen molar-refractivity contribution in [3.63, 3.8) is 0 Å². The smallest absolute Gasteiger partial charge is 0.144 e. The molecule has 0 spiro atoms. The average molecular weight is 867 g/mol. The molecule has 9 aromatic carbocycles. The van der Waals surface area contributed by atoms with Gasteiger partial charge in [0.15, 0.2) is 0 Å². The number of nitrogens with one attached hydrogen (secondary N) is 1. The van der Waals surface area contributed by atoms with Gasteiger partial charge in [-0.3, -0.25) is 0 Å². The van der Waals surface area contributed by atoms with Gasteiger partial charge in [0, 0.05) is 52.8 Å². The van der Waals surface area contributed by atoms with Crippen LogP contribution in [0.5, 0.6) is 0 Å². The number of thiophene rings is 1. The van der Waals surface area contributed by atoms with E-state index in [9.17, 15) is 0 Å².